The number of unbranched alkanes of at least 4 members (excludes halogenated alkanes) is 1. The van der Waals surface area contributed by atoms with E-state index < -0.39 is 7.60 Å². The molecule has 0 fully saturated rings. The molecule has 5 rings (SSSR count). The van der Waals surface area contributed by atoms with Crippen molar-refractivity contribution in [2.45, 2.75) is 45.7 Å². The van der Waals surface area contributed by atoms with Gasteiger partial charge in [0.2, 0.25) is 5.91 Å². The molecule has 1 amide bonds. The highest BCUT2D eigenvalue weighted by Gasteiger charge is 2.24. The number of anilines is 1. The van der Waals surface area contributed by atoms with Crippen molar-refractivity contribution in [1.82, 2.24) is 14.5 Å². The van der Waals surface area contributed by atoms with Crippen molar-refractivity contribution in [3.63, 3.8) is 0 Å². The van der Waals surface area contributed by atoms with Crippen molar-refractivity contribution < 1.29 is 18.4 Å². The molecule has 8 nitrogen and oxygen atoms in total. The molecule has 11 heteroatoms. The van der Waals surface area contributed by atoms with Crippen LogP contribution < -0.4 is 5.32 Å². The molecular formula is C32H34ClN4O4PS. The van der Waals surface area contributed by atoms with Gasteiger partial charge in [-0.05, 0) is 75.1 Å². The lowest BCUT2D eigenvalue weighted by Crippen LogP contribution is -2.11. The van der Waals surface area contributed by atoms with Gasteiger partial charge in [-0.3, -0.25) is 13.9 Å². The minimum atomic E-state index is -3.18. The number of hydrogen-bond acceptors (Lipinski definition) is 7. The number of hydrogen-bond donors (Lipinski definition) is 1. The highest BCUT2D eigenvalue weighted by atomic mass is 35.5. The second-order valence-electron chi connectivity index (χ2n) is 9.94. The first-order chi connectivity index (χ1) is 20.9. The molecule has 5 aromatic rings. The number of aryl methyl sites for hydroxylation is 1. The van der Waals surface area contributed by atoms with Gasteiger partial charge in [-0.15, -0.1) is 11.3 Å². The normalized spacial score (nSPS) is 11.7. The molecule has 0 spiro atoms. The van der Waals surface area contributed by atoms with Crippen LogP contribution in [0.15, 0.2) is 79.1 Å². The van der Waals surface area contributed by atoms with Gasteiger partial charge in [0.25, 0.3) is 0 Å². The number of benzene rings is 3. The summed E-state index contributed by atoms with van der Waals surface area (Å²) in [6, 6.07) is 23.0. The Morgan fingerprint density at radius 2 is 1.70 bits per heavy atom. The fourth-order valence-electron chi connectivity index (χ4n) is 4.79. The van der Waals surface area contributed by atoms with Gasteiger partial charge in [0.1, 0.15) is 6.33 Å². The number of amides is 1. The lowest BCUT2D eigenvalue weighted by Gasteiger charge is -2.17. The Kier molecular flexibility index (Phi) is 10.4. The Morgan fingerprint density at radius 3 is 2.42 bits per heavy atom. The Labute approximate surface area is 260 Å². The monoisotopic (exact) mass is 636 g/mol. The molecule has 0 unspecified atom stereocenters. The molecule has 2 aromatic heterocycles. The first-order valence-electron chi connectivity index (χ1n) is 14.3. The summed E-state index contributed by atoms with van der Waals surface area (Å²) < 4.78 is 25.6. The van der Waals surface area contributed by atoms with Crippen molar-refractivity contribution in [3.05, 3.63) is 94.6 Å². The fourth-order valence-corrected chi connectivity index (χ4v) is 7.73. The topological polar surface area (TPSA) is 95.3 Å². The van der Waals surface area contributed by atoms with E-state index in [1.807, 2.05) is 83.7 Å². The van der Waals surface area contributed by atoms with Gasteiger partial charge in [-0.2, -0.15) is 0 Å². The summed E-state index contributed by atoms with van der Waals surface area (Å²) in [7, 11) is -3.18. The van der Waals surface area contributed by atoms with E-state index in [-0.39, 0.29) is 12.1 Å². The van der Waals surface area contributed by atoms with Crippen molar-refractivity contribution >= 4 is 53.2 Å². The lowest BCUT2D eigenvalue weighted by molar-refractivity contribution is -0.116. The molecule has 2 heterocycles. The van der Waals surface area contributed by atoms with Crippen LogP contribution >= 0.6 is 30.5 Å². The van der Waals surface area contributed by atoms with E-state index in [0.717, 1.165) is 57.1 Å². The summed E-state index contributed by atoms with van der Waals surface area (Å²) in [6.45, 7) is 4.22. The molecule has 0 saturated heterocycles. The third-order valence-corrected chi connectivity index (χ3v) is 10.2. The molecule has 0 aliphatic rings. The third-order valence-electron chi connectivity index (χ3n) is 6.79. The van der Waals surface area contributed by atoms with E-state index in [1.54, 1.807) is 25.2 Å². The van der Waals surface area contributed by atoms with Gasteiger partial charge in [0.05, 0.1) is 36.1 Å². The molecule has 0 radical (unpaired) electrons. The standard InChI is InChI=1S/C32H34ClN4O4PS/c1-3-40-42(39,41-4-2)21-23-13-19-26(20-14-23)35-30(38)12-8-7-11-29-31(24-15-17-25(33)18-16-24)36-32(43-29)37-22-34-27-9-5-6-10-28(27)37/h5-6,9-10,13-20,22H,3-4,7-8,11-12,21H2,1-2H3,(H,35,38). The van der Waals surface area contributed by atoms with E-state index in [1.165, 1.54) is 0 Å². The molecule has 0 saturated carbocycles. The summed E-state index contributed by atoms with van der Waals surface area (Å²) in [5.74, 6) is -0.0464. The van der Waals surface area contributed by atoms with Crippen LogP contribution in [0.4, 0.5) is 5.69 Å². The number of carbonyl (C=O) groups is 1. The van der Waals surface area contributed by atoms with Crippen LogP contribution in [0.1, 0.15) is 43.6 Å². The van der Waals surface area contributed by atoms with E-state index in [2.05, 4.69) is 10.3 Å². The third kappa shape index (κ3) is 7.99. The average molecular weight is 637 g/mol. The molecule has 0 atom stereocenters. The number of nitrogens with zero attached hydrogens (tertiary/aromatic N) is 3. The van der Waals surface area contributed by atoms with Gasteiger partial charge in [0, 0.05) is 27.6 Å². The fraction of sp³-hybridized carbons (Fsp3) is 0.281. The number of nitrogens with one attached hydrogen (secondary N) is 1. The molecule has 0 aliphatic carbocycles. The first kappa shape index (κ1) is 31.1. The number of thiazole rings is 1. The van der Waals surface area contributed by atoms with E-state index in [9.17, 15) is 9.36 Å². The van der Waals surface area contributed by atoms with Crippen molar-refractivity contribution in [2.24, 2.45) is 0 Å². The summed E-state index contributed by atoms with van der Waals surface area (Å²) in [5.41, 5.74) is 5.38. The van der Waals surface area contributed by atoms with E-state index in [0.29, 0.717) is 30.3 Å². The highest BCUT2D eigenvalue weighted by molar-refractivity contribution is 7.53. The molecular weight excluding hydrogens is 603 g/mol. The van der Waals surface area contributed by atoms with E-state index >= 15 is 0 Å². The van der Waals surface area contributed by atoms with Gasteiger partial charge in [-0.1, -0.05) is 48.0 Å². The number of carbonyl (C=O) groups excluding carboxylic acids is 1. The van der Waals surface area contributed by atoms with Crippen LogP contribution in [0, 0.1) is 0 Å². The molecule has 1 N–H and O–H groups in total. The SMILES string of the molecule is CCOP(=O)(Cc1ccc(NC(=O)CCCCc2sc(-n3cnc4ccccc43)nc2-c2ccc(Cl)cc2)cc1)OCC. The smallest absolute Gasteiger partial charge is 0.326 e. The van der Waals surface area contributed by atoms with Crippen LogP contribution in [0.5, 0.6) is 0 Å². The van der Waals surface area contributed by atoms with Gasteiger partial charge < -0.3 is 14.4 Å². The average Bonchev–Trinajstić information content (AvgIpc) is 3.61. The zero-order chi connectivity index (χ0) is 30.2. The Balaban J connectivity index is 1.20. The summed E-state index contributed by atoms with van der Waals surface area (Å²) in [4.78, 5) is 23.4. The van der Waals surface area contributed by atoms with Crippen molar-refractivity contribution in [3.8, 4) is 16.4 Å². The van der Waals surface area contributed by atoms with Crippen LogP contribution in [-0.2, 0) is 31.0 Å². The zero-order valence-electron chi connectivity index (χ0n) is 24.2. The van der Waals surface area contributed by atoms with Crippen molar-refractivity contribution in [1.29, 1.82) is 0 Å². The summed E-state index contributed by atoms with van der Waals surface area (Å²) >= 11 is 7.79. The van der Waals surface area contributed by atoms with Gasteiger partial charge in [0.15, 0.2) is 5.13 Å². The van der Waals surface area contributed by atoms with Gasteiger partial charge >= 0.3 is 7.60 Å². The lowest BCUT2D eigenvalue weighted by atomic mass is 10.1. The molecule has 43 heavy (non-hydrogen) atoms. The second kappa shape index (κ2) is 14.4. The molecule has 0 aliphatic heterocycles. The zero-order valence-corrected chi connectivity index (χ0v) is 26.6. The maximum atomic E-state index is 12.8. The van der Waals surface area contributed by atoms with Crippen LogP contribution in [0.2, 0.25) is 5.02 Å². The summed E-state index contributed by atoms with van der Waals surface area (Å²) in [6.07, 6.45) is 4.77. The Morgan fingerprint density at radius 1 is 0.977 bits per heavy atom. The number of halogens is 1. The largest absolute Gasteiger partial charge is 0.335 e. The number of para-hydroxylation sites is 2. The highest BCUT2D eigenvalue weighted by Crippen LogP contribution is 2.51. The Hall–Kier alpha value is -3.33. The maximum absolute atomic E-state index is 12.8. The predicted octanol–water partition coefficient (Wildman–Crippen LogP) is 8.92. The van der Waals surface area contributed by atoms with Crippen molar-refractivity contribution in [2.75, 3.05) is 18.5 Å². The van der Waals surface area contributed by atoms with Crippen LogP contribution in [0.3, 0.4) is 0 Å². The Bertz CT molecular complexity index is 1710. The van der Waals surface area contributed by atoms with E-state index in [4.69, 9.17) is 25.6 Å². The summed E-state index contributed by atoms with van der Waals surface area (Å²) in [5, 5.41) is 4.49. The van der Waals surface area contributed by atoms with Crippen LogP contribution in [0.25, 0.3) is 27.4 Å². The number of aromatic nitrogens is 3. The quantitative estimate of drug-likeness (QED) is 0.0966. The number of imidazole rings is 1. The minimum Gasteiger partial charge on any atom is -0.326 e. The molecule has 3 aromatic carbocycles. The predicted molar refractivity (Wildman–Crippen MR) is 174 cm³/mol. The molecule has 224 valence electrons. The maximum Gasteiger partial charge on any atom is 0.335 e. The first-order valence-corrected chi connectivity index (χ1v) is 17.2. The van der Waals surface area contributed by atoms with Crippen LogP contribution in [-0.4, -0.2) is 33.7 Å². The number of rotatable bonds is 14. The molecule has 0 bridgehead atoms. The second-order valence-corrected chi connectivity index (χ2v) is 13.5. The van der Waals surface area contributed by atoms with Gasteiger partial charge in [-0.25, -0.2) is 9.97 Å². The minimum absolute atomic E-state index is 0.0464. The number of fused-ring (bicyclic) bond motifs is 1.